The Morgan fingerprint density at radius 3 is 2.72 bits per heavy atom. The number of amides is 1. The molecule has 3 aliphatic rings. The number of benzene rings is 1. The van der Waals surface area contributed by atoms with E-state index in [1.807, 2.05) is 31.2 Å². The summed E-state index contributed by atoms with van der Waals surface area (Å²) in [5.41, 5.74) is 1.10. The van der Waals surface area contributed by atoms with Crippen molar-refractivity contribution in [3.63, 3.8) is 0 Å². The van der Waals surface area contributed by atoms with Crippen molar-refractivity contribution in [2.24, 2.45) is 23.2 Å². The second-order valence-corrected chi connectivity index (χ2v) is 13.1. The highest BCUT2D eigenvalue weighted by atomic mass is 32.1. The first-order valence-corrected chi connectivity index (χ1v) is 15.2. The number of morpholine rings is 1. The maximum absolute atomic E-state index is 13.1. The first-order chi connectivity index (χ1) is 18.8. The Hall–Kier alpha value is -2.20. The van der Waals surface area contributed by atoms with Crippen molar-refractivity contribution in [1.29, 1.82) is 0 Å². The number of aliphatic hydroxyl groups excluding tert-OH is 1. The van der Waals surface area contributed by atoms with Crippen molar-refractivity contribution in [3.05, 3.63) is 39.8 Å². The molecule has 8 nitrogen and oxygen atoms in total. The first-order valence-electron chi connectivity index (χ1n) is 14.4. The van der Waals surface area contributed by atoms with Gasteiger partial charge >= 0.3 is 0 Å². The van der Waals surface area contributed by atoms with Gasteiger partial charge in [-0.05, 0) is 60.8 Å². The predicted molar refractivity (Wildman–Crippen MR) is 150 cm³/mol. The van der Waals surface area contributed by atoms with Crippen LogP contribution in [0.5, 0.6) is 11.5 Å². The molecule has 2 heterocycles. The number of nitrogens with zero attached hydrogens (tertiary/aromatic N) is 1. The Morgan fingerprint density at radius 1 is 1.28 bits per heavy atom. The van der Waals surface area contributed by atoms with Crippen molar-refractivity contribution < 1.29 is 29.0 Å². The van der Waals surface area contributed by atoms with Crippen LogP contribution in [-0.4, -0.2) is 68.6 Å². The second kappa shape index (κ2) is 12.1. The van der Waals surface area contributed by atoms with Crippen molar-refractivity contribution in [1.82, 2.24) is 10.3 Å². The summed E-state index contributed by atoms with van der Waals surface area (Å²) in [5.74, 6) is 1.59. The average Bonchev–Trinajstić information content (AvgIpc) is 3.35. The fourth-order valence-electron chi connectivity index (χ4n) is 7.10. The zero-order valence-corrected chi connectivity index (χ0v) is 24.5. The molecule has 2 fully saturated rings. The predicted octanol–water partition coefficient (Wildman–Crippen LogP) is 2.45. The number of aliphatic hydroxyl groups is 1. The highest BCUT2D eigenvalue weighted by Crippen LogP contribution is 2.57. The molecule has 1 aliphatic heterocycles. The number of fused-ring (bicyclic) bond motifs is 2. The van der Waals surface area contributed by atoms with E-state index in [1.165, 1.54) is 9.78 Å². The molecule has 1 aromatic carbocycles. The summed E-state index contributed by atoms with van der Waals surface area (Å²) in [5, 5.41) is 15.8. The topological polar surface area (TPSA) is 94.4 Å². The summed E-state index contributed by atoms with van der Waals surface area (Å²) in [6, 6.07) is 7.59. The molecule has 0 radical (unpaired) electrons. The molecular formula is C30H44N3O5S+. The summed E-state index contributed by atoms with van der Waals surface area (Å²) < 4.78 is 16.7. The fraction of sp³-hybridized carbons (Fsp3) is 0.667. The molecule has 0 unspecified atom stereocenters. The number of hydrogen-bond acceptors (Lipinski definition) is 7. The summed E-state index contributed by atoms with van der Waals surface area (Å²) >= 11 is 1.74. The quantitative estimate of drug-likeness (QED) is 0.438. The number of methoxy groups -OCH3 is 1. The van der Waals surface area contributed by atoms with E-state index >= 15 is 0 Å². The van der Waals surface area contributed by atoms with E-state index in [9.17, 15) is 9.90 Å². The van der Waals surface area contributed by atoms with Crippen LogP contribution in [0.3, 0.4) is 0 Å². The molecule has 0 bridgehead atoms. The Labute approximate surface area is 236 Å². The molecule has 1 saturated carbocycles. The third-order valence-corrected chi connectivity index (χ3v) is 10.5. The molecule has 1 aromatic heterocycles. The highest BCUT2D eigenvalue weighted by Gasteiger charge is 2.53. The minimum absolute atomic E-state index is 0.00112. The van der Waals surface area contributed by atoms with Crippen LogP contribution in [0.4, 0.5) is 0 Å². The van der Waals surface area contributed by atoms with Gasteiger partial charge in [0.05, 0.1) is 45.2 Å². The number of thiazole rings is 1. The lowest BCUT2D eigenvalue weighted by molar-refractivity contribution is -0.906. The average molecular weight is 559 g/mol. The smallest absolute Gasteiger partial charge is 0.223 e. The van der Waals surface area contributed by atoms with E-state index in [2.05, 4.69) is 19.2 Å². The van der Waals surface area contributed by atoms with Crippen LogP contribution < -0.4 is 19.7 Å². The molecule has 2 aromatic rings. The zero-order chi connectivity index (χ0) is 27.6. The van der Waals surface area contributed by atoms with Crippen LogP contribution in [0.1, 0.15) is 55.1 Å². The zero-order valence-electron chi connectivity index (χ0n) is 23.7. The van der Waals surface area contributed by atoms with E-state index in [0.29, 0.717) is 13.2 Å². The Bertz CT molecular complexity index is 1120. The second-order valence-electron chi connectivity index (χ2n) is 11.9. The van der Waals surface area contributed by atoms with Crippen LogP contribution in [0.25, 0.3) is 0 Å². The third-order valence-electron chi connectivity index (χ3n) is 9.42. The van der Waals surface area contributed by atoms with Gasteiger partial charge in [-0.1, -0.05) is 20.8 Å². The molecule has 5 rings (SSSR count). The van der Waals surface area contributed by atoms with Crippen LogP contribution in [-0.2, 0) is 22.6 Å². The number of ether oxygens (including phenoxy) is 3. The van der Waals surface area contributed by atoms with Gasteiger partial charge < -0.3 is 29.5 Å². The van der Waals surface area contributed by atoms with E-state index in [1.54, 1.807) is 18.4 Å². The van der Waals surface area contributed by atoms with Gasteiger partial charge in [0.1, 0.15) is 36.2 Å². The first kappa shape index (κ1) is 28.3. The van der Waals surface area contributed by atoms with Crippen LogP contribution in [0.15, 0.2) is 24.3 Å². The van der Waals surface area contributed by atoms with Gasteiger partial charge in [-0.3, -0.25) is 4.79 Å². The number of aromatic nitrogens is 1. The number of quaternary nitrogens is 1. The molecule has 2 aliphatic carbocycles. The van der Waals surface area contributed by atoms with E-state index in [4.69, 9.17) is 19.2 Å². The molecular weight excluding hydrogens is 514 g/mol. The van der Waals surface area contributed by atoms with Crippen molar-refractivity contribution >= 4 is 17.2 Å². The van der Waals surface area contributed by atoms with Crippen molar-refractivity contribution in [2.45, 2.75) is 58.7 Å². The molecule has 0 spiro atoms. The standard InChI is InChI=1S/C30H43N3O5S/c1-19(29(35)31-11-12-33-13-15-37-16-14-33)23-9-10-30(3)17-24-27(20(2)26(30)28(23)34)32-25(39-24)18-38-22-7-5-21(36-4)6-8-22/h5-8,19-20,23,26,28,34H,9-18H2,1-4H3,(H,31,35)/p+1/t19-,20-,23+,26+,28-,30-/m0/s1. The molecule has 6 atom stereocenters. The van der Waals surface area contributed by atoms with Gasteiger partial charge in [-0.25, -0.2) is 4.98 Å². The summed E-state index contributed by atoms with van der Waals surface area (Å²) in [6.45, 7) is 12.1. The van der Waals surface area contributed by atoms with Crippen LogP contribution in [0, 0.1) is 23.2 Å². The molecule has 3 N–H and O–H groups in total. The molecule has 1 amide bonds. The van der Waals surface area contributed by atoms with E-state index < -0.39 is 6.10 Å². The molecule has 1 saturated heterocycles. The van der Waals surface area contributed by atoms with Crippen LogP contribution in [0.2, 0.25) is 0 Å². The number of hydrogen-bond donors (Lipinski definition) is 3. The largest absolute Gasteiger partial charge is 0.497 e. The lowest BCUT2D eigenvalue weighted by Crippen LogP contribution is -3.14. The number of rotatable bonds is 9. The Balaban J connectivity index is 1.21. The minimum atomic E-state index is -0.529. The van der Waals surface area contributed by atoms with Crippen LogP contribution >= 0.6 is 11.3 Å². The number of carbonyl (C=O) groups is 1. The van der Waals surface area contributed by atoms with E-state index in [-0.39, 0.29) is 35.0 Å². The molecule has 39 heavy (non-hydrogen) atoms. The molecule has 9 heteroatoms. The lowest BCUT2D eigenvalue weighted by atomic mass is 9.53. The third kappa shape index (κ3) is 6.11. The summed E-state index contributed by atoms with van der Waals surface area (Å²) in [4.78, 5) is 20.9. The van der Waals surface area contributed by atoms with Gasteiger partial charge in [0.2, 0.25) is 5.91 Å². The lowest BCUT2D eigenvalue weighted by Gasteiger charge is -2.53. The van der Waals surface area contributed by atoms with Gasteiger partial charge in [0, 0.05) is 16.7 Å². The van der Waals surface area contributed by atoms with Gasteiger partial charge in [0.25, 0.3) is 0 Å². The monoisotopic (exact) mass is 558 g/mol. The normalized spacial score (nSPS) is 29.7. The number of nitrogens with one attached hydrogen (secondary N) is 2. The van der Waals surface area contributed by atoms with E-state index in [0.717, 1.165) is 74.3 Å². The maximum atomic E-state index is 13.1. The SMILES string of the molecule is COc1ccc(OCc2nc3c(s2)C[C@]2(C)CC[C@H]([C@H](C)C(=O)NCC[NH+]4CCOCC4)[C@H](O)[C@H]2[C@@H]3C)cc1. The van der Waals surface area contributed by atoms with Gasteiger partial charge in [-0.15, -0.1) is 11.3 Å². The fourth-order valence-corrected chi connectivity index (χ4v) is 8.39. The summed E-state index contributed by atoms with van der Waals surface area (Å²) in [7, 11) is 1.65. The van der Waals surface area contributed by atoms with Crippen molar-refractivity contribution in [3.8, 4) is 11.5 Å². The highest BCUT2D eigenvalue weighted by molar-refractivity contribution is 7.11. The van der Waals surface area contributed by atoms with Crippen molar-refractivity contribution in [2.75, 3.05) is 46.5 Å². The molecule has 214 valence electrons. The maximum Gasteiger partial charge on any atom is 0.223 e. The van der Waals surface area contributed by atoms with Gasteiger partial charge in [0.15, 0.2) is 0 Å². The minimum Gasteiger partial charge on any atom is -0.497 e. The Morgan fingerprint density at radius 2 is 2.00 bits per heavy atom. The summed E-state index contributed by atoms with van der Waals surface area (Å²) in [6.07, 6.45) is 2.27. The van der Waals surface area contributed by atoms with Gasteiger partial charge in [-0.2, -0.15) is 0 Å². The Kier molecular flexibility index (Phi) is 8.81. The number of carbonyl (C=O) groups excluding carboxylic acids is 1.